The summed E-state index contributed by atoms with van der Waals surface area (Å²) in [6, 6.07) is 1.67. The van der Waals surface area contributed by atoms with Gasteiger partial charge in [-0.2, -0.15) is 0 Å². The number of nitrogens with one attached hydrogen (secondary N) is 1. The Morgan fingerprint density at radius 1 is 1.50 bits per heavy atom. The molecule has 7 heteroatoms. The standard InChI is InChI=1S/C11H14F2N2O3/c1-7(6-18-2)5-14-11-9(15(16)17)4-3-8(12)10(11)13/h3-4,7,14H,5-6H2,1-2H3. The molecular weight excluding hydrogens is 246 g/mol. The van der Waals surface area contributed by atoms with Gasteiger partial charge in [-0.15, -0.1) is 0 Å². The minimum Gasteiger partial charge on any atom is -0.384 e. The second-order valence-electron chi connectivity index (χ2n) is 3.95. The van der Waals surface area contributed by atoms with Gasteiger partial charge in [0, 0.05) is 19.7 Å². The van der Waals surface area contributed by atoms with E-state index in [4.69, 9.17) is 4.74 Å². The highest BCUT2D eigenvalue weighted by Gasteiger charge is 2.21. The third-order valence-corrected chi connectivity index (χ3v) is 2.35. The zero-order valence-corrected chi connectivity index (χ0v) is 10.1. The first-order valence-corrected chi connectivity index (χ1v) is 5.32. The zero-order chi connectivity index (χ0) is 13.7. The third-order valence-electron chi connectivity index (χ3n) is 2.35. The fourth-order valence-corrected chi connectivity index (χ4v) is 1.48. The first-order chi connectivity index (χ1) is 8.47. The highest BCUT2D eigenvalue weighted by molar-refractivity contribution is 5.62. The molecule has 0 aliphatic rings. The van der Waals surface area contributed by atoms with Crippen molar-refractivity contribution in [2.45, 2.75) is 6.92 Å². The summed E-state index contributed by atoms with van der Waals surface area (Å²) in [5.74, 6) is -2.35. The summed E-state index contributed by atoms with van der Waals surface area (Å²) < 4.78 is 31.4. The van der Waals surface area contributed by atoms with E-state index in [1.54, 1.807) is 0 Å². The fraction of sp³-hybridized carbons (Fsp3) is 0.455. The third kappa shape index (κ3) is 3.36. The highest BCUT2D eigenvalue weighted by atomic mass is 19.2. The highest BCUT2D eigenvalue weighted by Crippen LogP contribution is 2.29. The molecule has 0 saturated carbocycles. The van der Waals surface area contributed by atoms with E-state index in [-0.39, 0.29) is 12.5 Å². The number of halogens is 2. The van der Waals surface area contributed by atoms with Gasteiger partial charge in [-0.1, -0.05) is 6.92 Å². The SMILES string of the molecule is COCC(C)CNc1c([N+](=O)[O-])ccc(F)c1F. The summed E-state index contributed by atoms with van der Waals surface area (Å²) in [5.41, 5.74) is -0.915. The number of nitro benzene ring substituents is 1. The molecule has 18 heavy (non-hydrogen) atoms. The predicted octanol–water partition coefficient (Wildman–Crippen LogP) is 2.57. The van der Waals surface area contributed by atoms with Gasteiger partial charge < -0.3 is 10.1 Å². The van der Waals surface area contributed by atoms with Crippen molar-refractivity contribution >= 4 is 11.4 Å². The zero-order valence-electron chi connectivity index (χ0n) is 10.1. The Bertz CT molecular complexity index is 441. The van der Waals surface area contributed by atoms with Gasteiger partial charge in [0.25, 0.3) is 5.69 Å². The summed E-state index contributed by atoms with van der Waals surface area (Å²) in [6.07, 6.45) is 0. The molecule has 1 N–H and O–H groups in total. The molecule has 1 aromatic carbocycles. The van der Waals surface area contributed by atoms with Gasteiger partial charge in [-0.05, 0) is 12.0 Å². The van der Waals surface area contributed by atoms with E-state index in [0.717, 1.165) is 12.1 Å². The molecule has 1 rings (SSSR count). The Morgan fingerprint density at radius 3 is 2.72 bits per heavy atom. The quantitative estimate of drug-likeness (QED) is 0.630. The van der Waals surface area contributed by atoms with Gasteiger partial charge in [0.2, 0.25) is 0 Å². The molecule has 0 aliphatic carbocycles. The molecule has 5 nitrogen and oxygen atoms in total. The number of ether oxygens (including phenoxy) is 1. The largest absolute Gasteiger partial charge is 0.384 e. The lowest BCUT2D eigenvalue weighted by Crippen LogP contribution is -2.17. The van der Waals surface area contributed by atoms with Crippen molar-refractivity contribution < 1.29 is 18.4 Å². The molecule has 0 radical (unpaired) electrons. The smallest absolute Gasteiger partial charge is 0.295 e. The van der Waals surface area contributed by atoms with Crippen molar-refractivity contribution in [2.24, 2.45) is 5.92 Å². The van der Waals surface area contributed by atoms with Crippen LogP contribution in [0.15, 0.2) is 12.1 Å². The monoisotopic (exact) mass is 260 g/mol. The van der Waals surface area contributed by atoms with Gasteiger partial charge in [0.15, 0.2) is 17.3 Å². The van der Waals surface area contributed by atoms with Crippen LogP contribution in [0.25, 0.3) is 0 Å². The van der Waals surface area contributed by atoms with Gasteiger partial charge in [0.1, 0.15) is 0 Å². The molecule has 0 aliphatic heterocycles. The Balaban J connectivity index is 2.92. The lowest BCUT2D eigenvalue weighted by Gasteiger charge is -2.13. The molecule has 1 atom stereocenters. The Hall–Kier alpha value is -1.76. The van der Waals surface area contributed by atoms with E-state index >= 15 is 0 Å². The number of anilines is 1. The van der Waals surface area contributed by atoms with Crippen LogP contribution in [0.3, 0.4) is 0 Å². The number of nitro groups is 1. The molecule has 100 valence electrons. The van der Waals surface area contributed by atoms with Crippen LogP contribution in [-0.2, 0) is 4.74 Å². The first-order valence-electron chi connectivity index (χ1n) is 5.32. The number of hydrogen-bond acceptors (Lipinski definition) is 4. The Labute approximate surface area is 103 Å². The summed E-state index contributed by atoms with van der Waals surface area (Å²) in [6.45, 7) is 2.48. The normalized spacial score (nSPS) is 12.2. The van der Waals surface area contributed by atoms with Crippen molar-refractivity contribution in [1.82, 2.24) is 0 Å². The second-order valence-corrected chi connectivity index (χ2v) is 3.95. The van der Waals surface area contributed by atoms with E-state index in [1.165, 1.54) is 7.11 Å². The van der Waals surface area contributed by atoms with Gasteiger partial charge in [-0.25, -0.2) is 8.78 Å². The van der Waals surface area contributed by atoms with Crippen LogP contribution in [0.1, 0.15) is 6.92 Å². The molecule has 0 bridgehead atoms. The summed E-state index contributed by atoms with van der Waals surface area (Å²) in [4.78, 5) is 9.95. The van der Waals surface area contributed by atoms with Crippen LogP contribution in [-0.4, -0.2) is 25.2 Å². The van der Waals surface area contributed by atoms with Crippen LogP contribution in [0.4, 0.5) is 20.2 Å². The fourth-order valence-electron chi connectivity index (χ4n) is 1.48. The first kappa shape index (κ1) is 14.3. The summed E-state index contributed by atoms with van der Waals surface area (Å²) in [5, 5.41) is 13.3. The maximum Gasteiger partial charge on any atom is 0.295 e. The average Bonchev–Trinajstić information content (AvgIpc) is 2.31. The maximum absolute atomic E-state index is 13.5. The van der Waals surface area contributed by atoms with Crippen molar-refractivity contribution in [3.8, 4) is 0 Å². The van der Waals surface area contributed by atoms with Crippen LogP contribution in [0.2, 0.25) is 0 Å². The number of methoxy groups -OCH3 is 1. The molecule has 0 heterocycles. The molecule has 0 spiro atoms. The predicted molar refractivity (Wildman–Crippen MR) is 62.5 cm³/mol. The number of benzene rings is 1. The van der Waals surface area contributed by atoms with Crippen LogP contribution < -0.4 is 5.32 Å². The van der Waals surface area contributed by atoms with Crippen LogP contribution >= 0.6 is 0 Å². The van der Waals surface area contributed by atoms with Crippen molar-refractivity contribution in [2.75, 3.05) is 25.6 Å². The van der Waals surface area contributed by atoms with Gasteiger partial charge in [0.05, 0.1) is 11.5 Å². The number of hydrogen-bond donors (Lipinski definition) is 1. The Morgan fingerprint density at radius 2 is 2.17 bits per heavy atom. The number of rotatable bonds is 6. The van der Waals surface area contributed by atoms with E-state index in [9.17, 15) is 18.9 Å². The molecule has 1 unspecified atom stereocenters. The van der Waals surface area contributed by atoms with E-state index in [1.807, 2.05) is 6.92 Å². The maximum atomic E-state index is 13.5. The van der Waals surface area contributed by atoms with E-state index in [2.05, 4.69) is 5.32 Å². The second kappa shape index (κ2) is 6.25. The molecule has 0 aromatic heterocycles. The average molecular weight is 260 g/mol. The lowest BCUT2D eigenvalue weighted by molar-refractivity contribution is -0.384. The topological polar surface area (TPSA) is 64.4 Å². The molecule has 0 amide bonds. The van der Waals surface area contributed by atoms with E-state index < -0.39 is 27.9 Å². The summed E-state index contributed by atoms with van der Waals surface area (Å²) >= 11 is 0. The van der Waals surface area contributed by atoms with E-state index in [0.29, 0.717) is 6.61 Å². The number of nitrogens with zero attached hydrogens (tertiary/aromatic N) is 1. The molecular formula is C11H14F2N2O3. The molecule has 1 aromatic rings. The van der Waals surface area contributed by atoms with Gasteiger partial charge in [-0.3, -0.25) is 10.1 Å². The summed E-state index contributed by atoms with van der Waals surface area (Å²) in [7, 11) is 1.52. The van der Waals surface area contributed by atoms with Crippen molar-refractivity contribution in [3.63, 3.8) is 0 Å². The van der Waals surface area contributed by atoms with Crippen molar-refractivity contribution in [3.05, 3.63) is 33.9 Å². The van der Waals surface area contributed by atoms with Crippen LogP contribution in [0.5, 0.6) is 0 Å². The molecule has 0 fully saturated rings. The van der Waals surface area contributed by atoms with Crippen molar-refractivity contribution in [1.29, 1.82) is 0 Å². The van der Waals surface area contributed by atoms with Gasteiger partial charge >= 0.3 is 0 Å². The Kier molecular flexibility index (Phi) is 4.96. The molecule has 0 saturated heterocycles. The minimum atomic E-state index is -1.24. The minimum absolute atomic E-state index is 0.0114. The van der Waals surface area contributed by atoms with Crippen LogP contribution in [0, 0.1) is 27.7 Å². The lowest BCUT2D eigenvalue weighted by atomic mass is 10.2.